The van der Waals surface area contributed by atoms with Crippen LogP contribution in [0.25, 0.3) is 10.2 Å². The Labute approximate surface area is 160 Å². The van der Waals surface area contributed by atoms with Crippen LogP contribution in [0.4, 0.5) is 0 Å². The number of thioether (sulfide) groups is 1. The summed E-state index contributed by atoms with van der Waals surface area (Å²) in [5.41, 5.74) is 1.02. The van der Waals surface area contributed by atoms with Crippen molar-refractivity contribution < 1.29 is 4.79 Å². The molecule has 0 fully saturated rings. The van der Waals surface area contributed by atoms with E-state index in [-0.39, 0.29) is 5.91 Å². The molecular weight excluding hydrogens is 374 g/mol. The van der Waals surface area contributed by atoms with Crippen LogP contribution < -0.4 is 0 Å². The highest BCUT2D eigenvalue weighted by atomic mass is 35.5. The molecule has 0 bridgehead atoms. The number of aromatic nitrogens is 2. The number of rotatable bonds is 6. The summed E-state index contributed by atoms with van der Waals surface area (Å²) >= 11 is 9.14. The van der Waals surface area contributed by atoms with Crippen LogP contribution in [0, 0.1) is 0 Å². The average molecular weight is 392 g/mol. The highest BCUT2D eigenvalue weighted by Gasteiger charge is 2.13. The summed E-state index contributed by atoms with van der Waals surface area (Å²) in [6.07, 6.45) is 2.55. The molecule has 0 atom stereocenters. The lowest BCUT2D eigenvalue weighted by atomic mass is 10.2. The van der Waals surface area contributed by atoms with E-state index in [1.54, 1.807) is 29.6 Å². The number of fused-ring (bicyclic) bond motifs is 1. The van der Waals surface area contributed by atoms with Crippen molar-refractivity contribution in [2.45, 2.75) is 24.9 Å². The molecule has 0 saturated carbocycles. The molecule has 0 radical (unpaired) electrons. The van der Waals surface area contributed by atoms with Crippen LogP contribution in [0.3, 0.4) is 0 Å². The molecule has 0 unspecified atom stereocenters. The molecular formula is C18H18ClN3OS2. The minimum absolute atomic E-state index is 0.0580. The zero-order valence-corrected chi connectivity index (χ0v) is 16.4. The maximum atomic E-state index is 12.4. The van der Waals surface area contributed by atoms with Crippen LogP contribution in [-0.4, -0.2) is 33.6 Å². The van der Waals surface area contributed by atoms with Crippen LogP contribution in [-0.2, 0) is 17.8 Å². The Morgan fingerprint density at radius 2 is 2.16 bits per heavy atom. The molecule has 2 aromatic heterocycles. The number of benzene rings is 1. The van der Waals surface area contributed by atoms with Crippen LogP contribution >= 0.6 is 34.7 Å². The van der Waals surface area contributed by atoms with Crippen molar-refractivity contribution >= 4 is 50.8 Å². The van der Waals surface area contributed by atoms with E-state index in [0.29, 0.717) is 17.3 Å². The summed E-state index contributed by atoms with van der Waals surface area (Å²) in [7, 11) is 1.80. The number of carbonyl (C=O) groups excluding carboxylic acids is 1. The van der Waals surface area contributed by atoms with Gasteiger partial charge in [-0.25, -0.2) is 9.97 Å². The maximum absolute atomic E-state index is 12.4. The molecule has 7 heteroatoms. The van der Waals surface area contributed by atoms with Crippen molar-refractivity contribution in [1.82, 2.24) is 14.9 Å². The zero-order valence-electron chi connectivity index (χ0n) is 14.0. The predicted molar refractivity (Wildman–Crippen MR) is 105 cm³/mol. The normalized spacial score (nSPS) is 11.0. The molecule has 0 N–H and O–H groups in total. The number of hydrogen-bond acceptors (Lipinski definition) is 5. The van der Waals surface area contributed by atoms with E-state index >= 15 is 0 Å². The van der Waals surface area contributed by atoms with Gasteiger partial charge in [-0.3, -0.25) is 4.79 Å². The summed E-state index contributed by atoms with van der Waals surface area (Å²) < 4.78 is 0. The van der Waals surface area contributed by atoms with E-state index in [0.717, 1.165) is 27.2 Å². The van der Waals surface area contributed by atoms with Gasteiger partial charge in [0.2, 0.25) is 5.91 Å². The third kappa shape index (κ3) is 4.51. The van der Waals surface area contributed by atoms with Gasteiger partial charge in [-0.1, -0.05) is 42.4 Å². The highest BCUT2D eigenvalue weighted by molar-refractivity contribution is 8.00. The monoisotopic (exact) mass is 391 g/mol. The lowest BCUT2D eigenvalue weighted by Crippen LogP contribution is -2.27. The average Bonchev–Trinajstić information content (AvgIpc) is 3.03. The minimum atomic E-state index is 0.0580. The van der Waals surface area contributed by atoms with Crippen LogP contribution in [0.2, 0.25) is 5.02 Å². The Kier molecular flexibility index (Phi) is 5.93. The van der Waals surface area contributed by atoms with Gasteiger partial charge in [0.25, 0.3) is 0 Å². The van der Waals surface area contributed by atoms with Gasteiger partial charge in [0.15, 0.2) is 0 Å². The van der Waals surface area contributed by atoms with Crippen molar-refractivity contribution in [3.05, 3.63) is 52.1 Å². The van der Waals surface area contributed by atoms with Gasteiger partial charge >= 0.3 is 0 Å². The van der Waals surface area contributed by atoms with Crippen molar-refractivity contribution in [2.24, 2.45) is 0 Å². The summed E-state index contributed by atoms with van der Waals surface area (Å²) in [6.45, 7) is 2.66. The second-order valence-electron chi connectivity index (χ2n) is 5.63. The first kappa shape index (κ1) is 18.2. The van der Waals surface area contributed by atoms with Crippen LogP contribution in [0.15, 0.2) is 41.7 Å². The van der Waals surface area contributed by atoms with E-state index in [9.17, 15) is 4.79 Å². The molecule has 0 aliphatic heterocycles. The van der Waals surface area contributed by atoms with Gasteiger partial charge in [0.1, 0.15) is 16.2 Å². The Hall–Kier alpha value is -1.63. The van der Waals surface area contributed by atoms with Crippen molar-refractivity contribution in [2.75, 3.05) is 12.8 Å². The fraction of sp³-hybridized carbons (Fsp3) is 0.278. The van der Waals surface area contributed by atoms with E-state index in [1.807, 2.05) is 24.3 Å². The zero-order chi connectivity index (χ0) is 17.8. The molecule has 0 aliphatic carbocycles. The second-order valence-corrected chi connectivity index (χ2v) is 8.15. The molecule has 130 valence electrons. The number of aryl methyl sites for hydroxylation is 1. The number of carbonyl (C=O) groups is 1. The molecule has 25 heavy (non-hydrogen) atoms. The fourth-order valence-electron chi connectivity index (χ4n) is 2.41. The standard InChI is InChI=1S/C18H18ClN3OS2/c1-3-14-8-15-17(20-11-21-18(15)25-14)24-10-16(23)22(2)9-12-5-4-6-13(19)7-12/h4-8,11H,3,9-10H2,1-2H3. The molecule has 0 saturated heterocycles. The highest BCUT2D eigenvalue weighted by Crippen LogP contribution is 2.31. The van der Waals surface area contributed by atoms with Gasteiger partial charge in [-0.15, -0.1) is 11.3 Å². The van der Waals surface area contributed by atoms with E-state index in [4.69, 9.17) is 11.6 Å². The molecule has 2 heterocycles. The molecule has 4 nitrogen and oxygen atoms in total. The summed E-state index contributed by atoms with van der Waals surface area (Å²) in [6, 6.07) is 9.69. The second kappa shape index (κ2) is 8.17. The lowest BCUT2D eigenvalue weighted by molar-refractivity contribution is -0.127. The van der Waals surface area contributed by atoms with Crippen LogP contribution in [0.1, 0.15) is 17.4 Å². The Morgan fingerprint density at radius 3 is 2.92 bits per heavy atom. The number of amides is 1. The van der Waals surface area contributed by atoms with Crippen LogP contribution in [0.5, 0.6) is 0 Å². The summed E-state index contributed by atoms with van der Waals surface area (Å²) in [5, 5.41) is 2.59. The SMILES string of the molecule is CCc1cc2c(SCC(=O)N(C)Cc3cccc(Cl)c3)ncnc2s1. The van der Waals surface area contributed by atoms with Gasteiger partial charge in [0, 0.05) is 28.9 Å². The maximum Gasteiger partial charge on any atom is 0.233 e. The van der Waals surface area contributed by atoms with Crippen molar-refractivity contribution in [3.63, 3.8) is 0 Å². The molecule has 0 aliphatic rings. The summed E-state index contributed by atoms with van der Waals surface area (Å²) in [5.74, 6) is 0.406. The molecule has 0 spiro atoms. The molecule has 1 amide bonds. The largest absolute Gasteiger partial charge is 0.341 e. The first-order chi connectivity index (χ1) is 12.1. The first-order valence-corrected chi connectivity index (χ1v) is 10.1. The smallest absolute Gasteiger partial charge is 0.233 e. The molecule has 3 rings (SSSR count). The van der Waals surface area contributed by atoms with E-state index in [1.165, 1.54) is 16.6 Å². The Balaban J connectivity index is 1.64. The first-order valence-electron chi connectivity index (χ1n) is 7.91. The number of thiophene rings is 1. The van der Waals surface area contributed by atoms with Gasteiger partial charge in [-0.2, -0.15) is 0 Å². The predicted octanol–water partition coefficient (Wildman–Crippen LogP) is 4.66. The Bertz CT molecular complexity index is 897. The van der Waals surface area contributed by atoms with E-state index < -0.39 is 0 Å². The van der Waals surface area contributed by atoms with Crippen molar-refractivity contribution in [1.29, 1.82) is 0 Å². The van der Waals surface area contributed by atoms with E-state index in [2.05, 4.69) is 23.0 Å². The quantitative estimate of drug-likeness (QED) is 0.453. The molecule has 1 aromatic carbocycles. The van der Waals surface area contributed by atoms with Gasteiger partial charge < -0.3 is 4.90 Å². The summed E-state index contributed by atoms with van der Waals surface area (Å²) in [4.78, 5) is 25.1. The third-order valence-corrected chi connectivity index (χ3v) is 6.17. The number of hydrogen-bond donors (Lipinski definition) is 0. The van der Waals surface area contributed by atoms with Gasteiger partial charge in [0.05, 0.1) is 5.75 Å². The number of halogens is 1. The van der Waals surface area contributed by atoms with Gasteiger partial charge in [-0.05, 0) is 30.2 Å². The Morgan fingerprint density at radius 1 is 1.32 bits per heavy atom. The minimum Gasteiger partial charge on any atom is -0.341 e. The fourth-order valence-corrected chi connectivity index (χ4v) is 4.54. The number of nitrogens with zero attached hydrogens (tertiary/aromatic N) is 3. The molecule has 3 aromatic rings. The topological polar surface area (TPSA) is 46.1 Å². The third-order valence-electron chi connectivity index (χ3n) is 3.76. The lowest BCUT2D eigenvalue weighted by Gasteiger charge is -2.17. The van der Waals surface area contributed by atoms with Crippen molar-refractivity contribution in [3.8, 4) is 0 Å².